The lowest BCUT2D eigenvalue weighted by Gasteiger charge is -2.06. The van der Waals surface area contributed by atoms with Crippen LogP contribution < -0.4 is 4.74 Å². The molecule has 0 aliphatic rings. The highest BCUT2D eigenvalue weighted by atomic mass is 79.9. The number of rotatable bonds is 4. The number of halogens is 2. The van der Waals surface area contributed by atoms with E-state index in [1.54, 1.807) is 12.4 Å². The van der Waals surface area contributed by atoms with Crippen molar-refractivity contribution in [3.05, 3.63) is 62.6 Å². The lowest BCUT2D eigenvalue weighted by molar-refractivity contribution is -0.387. The summed E-state index contributed by atoms with van der Waals surface area (Å²) in [5.74, 6) is -0.696. The largest absolute Gasteiger partial charge is 0.489 e. The minimum absolute atomic E-state index is 0.198. The first kappa shape index (κ1) is 13.4. The lowest BCUT2D eigenvalue weighted by atomic mass is 10.3. The van der Waals surface area contributed by atoms with E-state index >= 15 is 0 Å². The summed E-state index contributed by atoms with van der Waals surface area (Å²) in [5, 5.41) is 10.5. The molecular weight excluding hydrogens is 319 g/mol. The number of nitrogens with zero attached hydrogens (tertiary/aromatic N) is 2. The van der Waals surface area contributed by atoms with Crippen molar-refractivity contribution in [1.82, 2.24) is 4.98 Å². The molecule has 0 spiro atoms. The van der Waals surface area contributed by atoms with Crippen molar-refractivity contribution < 1.29 is 14.1 Å². The van der Waals surface area contributed by atoms with Crippen molar-refractivity contribution in [3.8, 4) is 5.75 Å². The van der Waals surface area contributed by atoms with Crippen molar-refractivity contribution in [2.24, 2.45) is 0 Å². The number of nitro groups is 1. The van der Waals surface area contributed by atoms with Gasteiger partial charge in [-0.05, 0) is 28.1 Å². The minimum atomic E-state index is -0.921. The van der Waals surface area contributed by atoms with Crippen LogP contribution >= 0.6 is 15.9 Å². The van der Waals surface area contributed by atoms with Gasteiger partial charge in [-0.3, -0.25) is 15.1 Å². The van der Waals surface area contributed by atoms with Crippen LogP contribution in [0.25, 0.3) is 0 Å². The average Bonchev–Trinajstić information content (AvgIpc) is 2.36. The number of pyridine rings is 1. The predicted molar refractivity (Wildman–Crippen MR) is 69.3 cm³/mol. The fourth-order valence-corrected chi connectivity index (χ4v) is 1.84. The molecule has 5 nitrogen and oxygen atoms in total. The van der Waals surface area contributed by atoms with Gasteiger partial charge in [-0.15, -0.1) is 0 Å². The van der Waals surface area contributed by atoms with E-state index in [1.807, 2.05) is 6.07 Å². The second-order valence-corrected chi connectivity index (χ2v) is 4.59. The van der Waals surface area contributed by atoms with Crippen LogP contribution in [0.1, 0.15) is 5.56 Å². The maximum Gasteiger partial charge on any atom is 0.305 e. The van der Waals surface area contributed by atoms with Gasteiger partial charge in [-0.1, -0.05) is 0 Å². The number of aromatic nitrogens is 1. The first-order valence-corrected chi connectivity index (χ1v) is 6.02. The van der Waals surface area contributed by atoms with Gasteiger partial charge in [-0.2, -0.15) is 4.39 Å². The maximum atomic E-state index is 13.3. The molecule has 2 rings (SSSR count). The van der Waals surface area contributed by atoms with Gasteiger partial charge >= 0.3 is 5.69 Å². The highest BCUT2D eigenvalue weighted by Gasteiger charge is 2.14. The molecule has 0 saturated heterocycles. The fraction of sp³-hybridized carbons (Fsp3) is 0.0833. The lowest BCUT2D eigenvalue weighted by Crippen LogP contribution is -1.98. The van der Waals surface area contributed by atoms with Gasteiger partial charge < -0.3 is 4.74 Å². The van der Waals surface area contributed by atoms with E-state index in [-0.39, 0.29) is 12.4 Å². The van der Waals surface area contributed by atoms with E-state index < -0.39 is 16.4 Å². The summed E-state index contributed by atoms with van der Waals surface area (Å²) in [4.78, 5) is 13.6. The quantitative estimate of drug-likeness (QED) is 0.637. The molecule has 0 fully saturated rings. The SMILES string of the molecule is O=[N+]([O-])c1ccc(OCc2cncc(Br)c2)cc1F. The van der Waals surface area contributed by atoms with E-state index in [1.165, 1.54) is 6.07 Å². The molecule has 0 radical (unpaired) electrons. The van der Waals surface area contributed by atoms with Crippen LogP contribution in [0.5, 0.6) is 5.75 Å². The third kappa shape index (κ3) is 3.47. The first-order chi connectivity index (χ1) is 9.06. The van der Waals surface area contributed by atoms with E-state index in [0.29, 0.717) is 0 Å². The monoisotopic (exact) mass is 326 g/mol. The Balaban J connectivity index is 2.08. The zero-order valence-corrected chi connectivity index (χ0v) is 11.1. The molecular formula is C12H8BrFN2O3. The van der Waals surface area contributed by atoms with Gasteiger partial charge in [0.25, 0.3) is 0 Å². The highest BCUT2D eigenvalue weighted by molar-refractivity contribution is 9.10. The summed E-state index contributed by atoms with van der Waals surface area (Å²) in [6.45, 7) is 0.198. The van der Waals surface area contributed by atoms with Gasteiger partial charge in [0, 0.05) is 34.6 Å². The minimum Gasteiger partial charge on any atom is -0.489 e. The molecule has 0 unspecified atom stereocenters. The summed E-state index contributed by atoms with van der Waals surface area (Å²) >= 11 is 3.27. The Bertz CT molecular complexity index is 622. The Kier molecular flexibility index (Phi) is 4.06. The van der Waals surface area contributed by atoms with Crippen molar-refractivity contribution in [2.45, 2.75) is 6.61 Å². The summed E-state index contributed by atoms with van der Waals surface area (Å²) in [6, 6.07) is 5.23. The number of benzene rings is 1. The molecule has 0 aliphatic heterocycles. The van der Waals surface area contributed by atoms with E-state index in [2.05, 4.69) is 20.9 Å². The standard InChI is InChI=1S/C12H8BrFN2O3/c13-9-3-8(5-15-6-9)7-19-10-1-2-12(16(17)18)11(14)4-10/h1-6H,7H2. The van der Waals surface area contributed by atoms with Crippen LogP contribution in [0.2, 0.25) is 0 Å². The topological polar surface area (TPSA) is 65.3 Å². The fourth-order valence-electron chi connectivity index (χ4n) is 1.43. The molecule has 1 heterocycles. The summed E-state index contributed by atoms with van der Waals surface area (Å²) < 4.78 is 19.5. The third-order valence-corrected chi connectivity index (χ3v) is 2.72. The van der Waals surface area contributed by atoms with Crippen LogP contribution in [0.4, 0.5) is 10.1 Å². The van der Waals surface area contributed by atoms with Crippen LogP contribution in [-0.2, 0) is 6.61 Å². The molecule has 0 N–H and O–H groups in total. The molecule has 0 atom stereocenters. The molecule has 19 heavy (non-hydrogen) atoms. The number of ether oxygens (including phenoxy) is 1. The van der Waals surface area contributed by atoms with Crippen molar-refractivity contribution in [3.63, 3.8) is 0 Å². The molecule has 0 amide bonds. The van der Waals surface area contributed by atoms with Crippen LogP contribution in [0.15, 0.2) is 41.1 Å². The Morgan fingerprint density at radius 2 is 2.16 bits per heavy atom. The molecule has 0 bridgehead atoms. The van der Waals surface area contributed by atoms with E-state index in [9.17, 15) is 14.5 Å². The number of hydrogen-bond donors (Lipinski definition) is 0. The molecule has 0 aliphatic carbocycles. The van der Waals surface area contributed by atoms with Crippen LogP contribution in [0, 0.1) is 15.9 Å². The molecule has 7 heteroatoms. The molecule has 0 saturated carbocycles. The zero-order valence-electron chi connectivity index (χ0n) is 9.55. The zero-order chi connectivity index (χ0) is 13.8. The molecule has 98 valence electrons. The van der Waals surface area contributed by atoms with Gasteiger partial charge in [0.1, 0.15) is 12.4 Å². The van der Waals surface area contributed by atoms with Gasteiger partial charge in [-0.25, -0.2) is 0 Å². The summed E-state index contributed by atoms with van der Waals surface area (Å²) in [5.41, 5.74) is 0.226. The molecule has 1 aromatic carbocycles. The van der Waals surface area contributed by atoms with Crippen molar-refractivity contribution in [2.75, 3.05) is 0 Å². The normalized spacial score (nSPS) is 10.2. The van der Waals surface area contributed by atoms with E-state index in [4.69, 9.17) is 4.74 Å². The maximum absolute atomic E-state index is 13.3. The Labute approximate surface area is 116 Å². The van der Waals surface area contributed by atoms with Crippen LogP contribution in [0.3, 0.4) is 0 Å². The second-order valence-electron chi connectivity index (χ2n) is 3.67. The van der Waals surface area contributed by atoms with Crippen LogP contribution in [-0.4, -0.2) is 9.91 Å². The van der Waals surface area contributed by atoms with Gasteiger partial charge in [0.05, 0.1) is 4.92 Å². The molecule has 2 aromatic rings. The van der Waals surface area contributed by atoms with Crippen molar-refractivity contribution >= 4 is 21.6 Å². The highest BCUT2D eigenvalue weighted by Crippen LogP contribution is 2.23. The third-order valence-electron chi connectivity index (χ3n) is 2.28. The summed E-state index contributed by atoms with van der Waals surface area (Å²) in [7, 11) is 0. The Hall–Kier alpha value is -2.02. The van der Waals surface area contributed by atoms with E-state index in [0.717, 1.165) is 22.2 Å². The molecule has 1 aromatic heterocycles. The number of hydrogen-bond acceptors (Lipinski definition) is 4. The predicted octanol–water partition coefficient (Wildman–Crippen LogP) is 3.47. The Morgan fingerprint density at radius 1 is 1.37 bits per heavy atom. The Morgan fingerprint density at radius 3 is 2.79 bits per heavy atom. The first-order valence-electron chi connectivity index (χ1n) is 5.22. The van der Waals surface area contributed by atoms with Gasteiger partial charge in [0.2, 0.25) is 5.82 Å². The smallest absolute Gasteiger partial charge is 0.305 e. The van der Waals surface area contributed by atoms with Gasteiger partial charge in [0.15, 0.2) is 0 Å². The van der Waals surface area contributed by atoms with Crippen molar-refractivity contribution in [1.29, 1.82) is 0 Å². The summed E-state index contributed by atoms with van der Waals surface area (Å²) in [6.07, 6.45) is 3.25. The average molecular weight is 327 g/mol. The number of nitro benzene ring substituents is 1. The second kappa shape index (κ2) is 5.75.